The van der Waals surface area contributed by atoms with E-state index in [0.29, 0.717) is 23.6 Å². The van der Waals surface area contributed by atoms with Gasteiger partial charge < -0.3 is 0 Å². The summed E-state index contributed by atoms with van der Waals surface area (Å²) in [6, 6.07) is 5.92. The van der Waals surface area contributed by atoms with E-state index in [0.717, 1.165) is 11.8 Å². The van der Waals surface area contributed by atoms with E-state index >= 15 is 0 Å². The highest BCUT2D eigenvalue weighted by Gasteiger charge is 2.17. The van der Waals surface area contributed by atoms with Gasteiger partial charge in [-0.2, -0.15) is 5.21 Å². The van der Waals surface area contributed by atoms with E-state index in [1.54, 1.807) is 24.5 Å². The van der Waals surface area contributed by atoms with Crippen LogP contribution in [0.15, 0.2) is 36.7 Å². The van der Waals surface area contributed by atoms with Crippen LogP contribution in [-0.4, -0.2) is 51.8 Å². The van der Waals surface area contributed by atoms with E-state index in [4.69, 9.17) is 0 Å². The van der Waals surface area contributed by atoms with E-state index in [9.17, 15) is 12.8 Å². The van der Waals surface area contributed by atoms with Crippen molar-refractivity contribution in [2.24, 2.45) is 0 Å². The second kappa shape index (κ2) is 7.62. The van der Waals surface area contributed by atoms with E-state index in [1.165, 1.54) is 12.1 Å². The van der Waals surface area contributed by atoms with Gasteiger partial charge in [0.15, 0.2) is 0 Å². The molecule has 2 aromatic heterocycles. The zero-order chi connectivity index (χ0) is 18.6. The molecule has 0 aliphatic heterocycles. The summed E-state index contributed by atoms with van der Waals surface area (Å²) in [5, 5.41) is 13.5. The number of sulfonamides is 1. The molecule has 0 aliphatic rings. The molecule has 2 heterocycles. The van der Waals surface area contributed by atoms with Gasteiger partial charge in [0.05, 0.1) is 11.8 Å². The minimum atomic E-state index is -3.36. The molecule has 0 saturated carbocycles. The van der Waals surface area contributed by atoms with Crippen molar-refractivity contribution < 1.29 is 12.8 Å². The number of aromatic nitrogens is 6. The number of halogens is 1. The minimum Gasteiger partial charge on any atom is -0.241 e. The van der Waals surface area contributed by atoms with Crippen LogP contribution in [0.5, 0.6) is 0 Å². The van der Waals surface area contributed by atoms with Gasteiger partial charge in [-0.15, -0.1) is 10.2 Å². The smallest absolute Gasteiger partial charge is 0.208 e. The highest BCUT2D eigenvalue weighted by molar-refractivity contribution is 7.88. The molecule has 1 atom stereocenters. The summed E-state index contributed by atoms with van der Waals surface area (Å²) in [6.45, 7) is 0.153. The first-order chi connectivity index (χ1) is 12.4. The van der Waals surface area contributed by atoms with Crippen LogP contribution in [0.3, 0.4) is 0 Å². The van der Waals surface area contributed by atoms with Crippen molar-refractivity contribution >= 4 is 10.0 Å². The number of nitrogens with zero attached hydrogens (tertiary/aromatic N) is 5. The van der Waals surface area contributed by atoms with Crippen molar-refractivity contribution in [2.75, 3.05) is 12.8 Å². The number of aromatic amines is 1. The average molecular weight is 377 g/mol. The van der Waals surface area contributed by atoms with Crippen LogP contribution in [-0.2, 0) is 16.4 Å². The van der Waals surface area contributed by atoms with Crippen LogP contribution < -0.4 is 4.72 Å². The van der Waals surface area contributed by atoms with Crippen molar-refractivity contribution in [3.05, 3.63) is 53.9 Å². The molecule has 0 radical (unpaired) electrons. The first-order valence-electron chi connectivity index (χ1n) is 7.65. The van der Waals surface area contributed by atoms with Crippen molar-refractivity contribution in [3.8, 4) is 11.4 Å². The molecule has 0 bridgehead atoms. The molecule has 0 fully saturated rings. The number of nitrogens with one attached hydrogen (secondary N) is 2. The number of hydrogen-bond acceptors (Lipinski definition) is 7. The average Bonchev–Trinajstić information content (AvgIpc) is 3.14. The quantitative estimate of drug-likeness (QED) is 0.620. The lowest BCUT2D eigenvalue weighted by atomic mass is 9.95. The van der Waals surface area contributed by atoms with Gasteiger partial charge in [0.25, 0.3) is 0 Å². The normalized spacial score (nSPS) is 12.8. The zero-order valence-electron chi connectivity index (χ0n) is 13.8. The fourth-order valence-corrected chi connectivity index (χ4v) is 2.88. The maximum Gasteiger partial charge on any atom is 0.208 e. The summed E-state index contributed by atoms with van der Waals surface area (Å²) in [7, 11) is -3.36. The summed E-state index contributed by atoms with van der Waals surface area (Å²) in [6.07, 6.45) is 4.60. The fraction of sp³-hybridized carbons (Fsp3) is 0.267. The summed E-state index contributed by atoms with van der Waals surface area (Å²) in [4.78, 5) is 8.56. The van der Waals surface area contributed by atoms with Crippen LogP contribution in [0.2, 0.25) is 0 Å². The van der Waals surface area contributed by atoms with Gasteiger partial charge in [0.2, 0.25) is 15.8 Å². The van der Waals surface area contributed by atoms with Crippen LogP contribution in [0, 0.1) is 5.82 Å². The predicted octanol–water partition coefficient (Wildman–Crippen LogP) is 0.671. The Morgan fingerprint density at radius 2 is 1.88 bits per heavy atom. The molecule has 1 aromatic carbocycles. The summed E-state index contributed by atoms with van der Waals surface area (Å²) < 4.78 is 38.5. The van der Waals surface area contributed by atoms with E-state index < -0.39 is 10.0 Å². The molecule has 0 spiro atoms. The number of hydrogen-bond donors (Lipinski definition) is 2. The van der Waals surface area contributed by atoms with Gasteiger partial charge in [-0.25, -0.2) is 27.5 Å². The monoisotopic (exact) mass is 377 g/mol. The molecule has 3 aromatic rings. The number of rotatable bonds is 7. The lowest BCUT2D eigenvalue weighted by molar-refractivity contribution is 0.570. The Balaban J connectivity index is 1.79. The van der Waals surface area contributed by atoms with Gasteiger partial charge in [-0.05, 0) is 22.9 Å². The number of benzene rings is 1. The lowest BCUT2D eigenvalue weighted by Gasteiger charge is -2.17. The van der Waals surface area contributed by atoms with E-state index in [-0.39, 0.29) is 18.3 Å². The first-order valence-corrected chi connectivity index (χ1v) is 9.55. The third-order valence-corrected chi connectivity index (χ3v) is 4.36. The van der Waals surface area contributed by atoms with Crippen LogP contribution >= 0.6 is 0 Å². The summed E-state index contributed by atoms with van der Waals surface area (Å²) in [5.74, 6) is 0.290. The highest BCUT2D eigenvalue weighted by atomic mass is 32.2. The Labute approximate surface area is 149 Å². The lowest BCUT2D eigenvalue weighted by Crippen LogP contribution is -2.28. The topological polar surface area (TPSA) is 126 Å². The molecule has 1 unspecified atom stereocenters. The third-order valence-electron chi connectivity index (χ3n) is 3.67. The predicted molar refractivity (Wildman–Crippen MR) is 90.9 cm³/mol. The molecule has 26 heavy (non-hydrogen) atoms. The molecule has 3 rings (SSSR count). The standard InChI is InChI=1S/C15H16FN7O2S/c1-26(24,25)19-9-11(10-2-4-13(16)5-3-10)6-14-17-7-12(8-18-14)15-20-22-23-21-15/h2-5,7-8,11,19H,6,9H2,1H3,(H,20,21,22,23). The van der Waals surface area contributed by atoms with E-state index in [2.05, 4.69) is 35.3 Å². The maximum absolute atomic E-state index is 13.2. The van der Waals surface area contributed by atoms with Gasteiger partial charge >= 0.3 is 0 Å². The zero-order valence-corrected chi connectivity index (χ0v) is 14.6. The van der Waals surface area contributed by atoms with Crippen LogP contribution in [0.25, 0.3) is 11.4 Å². The van der Waals surface area contributed by atoms with Gasteiger partial charge in [-0.3, -0.25) is 0 Å². The van der Waals surface area contributed by atoms with E-state index in [1.807, 2.05) is 0 Å². The van der Waals surface area contributed by atoms with Gasteiger partial charge in [-0.1, -0.05) is 12.1 Å². The van der Waals surface area contributed by atoms with Crippen LogP contribution in [0.1, 0.15) is 17.3 Å². The largest absolute Gasteiger partial charge is 0.241 e. The summed E-state index contributed by atoms with van der Waals surface area (Å²) in [5.41, 5.74) is 1.39. The summed E-state index contributed by atoms with van der Waals surface area (Å²) >= 11 is 0. The molecule has 11 heteroatoms. The molecule has 0 saturated heterocycles. The highest BCUT2D eigenvalue weighted by Crippen LogP contribution is 2.20. The molecular weight excluding hydrogens is 361 g/mol. The Bertz CT molecular complexity index is 945. The SMILES string of the molecule is CS(=O)(=O)NCC(Cc1ncc(-c2nn[nH]n2)cn1)c1ccc(F)cc1. The second-order valence-electron chi connectivity index (χ2n) is 5.70. The molecule has 136 valence electrons. The minimum absolute atomic E-state index is 0.153. The fourth-order valence-electron chi connectivity index (χ4n) is 2.37. The van der Waals surface area contributed by atoms with Gasteiger partial charge in [0.1, 0.15) is 11.6 Å². The first kappa shape index (κ1) is 18.0. The third kappa shape index (κ3) is 4.86. The molecule has 2 N–H and O–H groups in total. The maximum atomic E-state index is 13.2. The molecule has 0 amide bonds. The van der Waals surface area contributed by atoms with Crippen molar-refractivity contribution in [2.45, 2.75) is 12.3 Å². The van der Waals surface area contributed by atoms with Crippen molar-refractivity contribution in [3.63, 3.8) is 0 Å². The Kier molecular flexibility index (Phi) is 5.28. The van der Waals surface area contributed by atoms with Crippen LogP contribution in [0.4, 0.5) is 4.39 Å². The number of H-pyrrole nitrogens is 1. The van der Waals surface area contributed by atoms with Crippen molar-refractivity contribution in [1.82, 2.24) is 35.3 Å². The van der Waals surface area contributed by atoms with Crippen molar-refractivity contribution in [1.29, 1.82) is 0 Å². The molecule has 9 nitrogen and oxygen atoms in total. The Morgan fingerprint density at radius 1 is 1.19 bits per heavy atom. The Morgan fingerprint density at radius 3 is 2.46 bits per heavy atom. The number of tetrazole rings is 1. The molecule has 0 aliphatic carbocycles. The second-order valence-corrected chi connectivity index (χ2v) is 7.53. The molecular formula is C15H16FN7O2S. The van der Waals surface area contributed by atoms with Gasteiger partial charge in [0, 0.05) is 31.3 Å². The Hall–Kier alpha value is -2.79.